The molecule has 0 N–H and O–H groups in total. The maximum atomic E-state index is 11.8. The van der Waals surface area contributed by atoms with E-state index in [0.29, 0.717) is 0 Å². The van der Waals surface area contributed by atoms with Crippen molar-refractivity contribution in [1.82, 2.24) is 19.1 Å². The number of imidazole rings is 2. The molecule has 0 amide bonds. The summed E-state index contributed by atoms with van der Waals surface area (Å²) < 4.78 is 12.1. The molecule has 0 bridgehead atoms. The Hall–Kier alpha value is -3.51. The van der Waals surface area contributed by atoms with Crippen molar-refractivity contribution >= 4 is 17.8 Å². The van der Waals surface area contributed by atoms with Crippen LogP contribution in [0.4, 0.5) is 16.4 Å². The topological polar surface area (TPSA) is 157 Å². The molecule has 2 heterocycles. The highest BCUT2D eigenvalue weighted by atomic mass is 16.7. The van der Waals surface area contributed by atoms with Gasteiger partial charge in [0.2, 0.25) is 0 Å². The van der Waals surface area contributed by atoms with E-state index in [1.165, 1.54) is 18.4 Å². The Balaban J connectivity index is 2.48. The Kier molecular flexibility index (Phi) is 5.49. The summed E-state index contributed by atoms with van der Waals surface area (Å²) in [4.78, 5) is 40.5. The van der Waals surface area contributed by atoms with Crippen LogP contribution < -0.4 is 0 Å². The fraction of sp³-hybridized carbons (Fsp3) is 0.462. The van der Waals surface area contributed by atoms with Gasteiger partial charge in [0.1, 0.15) is 12.4 Å². The predicted octanol–water partition coefficient (Wildman–Crippen LogP) is 1.88. The molecule has 1 unspecified atom stereocenters. The maximum Gasteiger partial charge on any atom is 0.511 e. The van der Waals surface area contributed by atoms with E-state index >= 15 is 0 Å². The first-order chi connectivity index (χ1) is 12.3. The summed E-state index contributed by atoms with van der Waals surface area (Å²) in [5.74, 6) is -0.321. The highest BCUT2D eigenvalue weighted by Gasteiger charge is 2.34. The first-order valence-electron chi connectivity index (χ1n) is 7.44. The average molecular weight is 368 g/mol. The highest BCUT2D eigenvalue weighted by Crippen LogP contribution is 2.26. The van der Waals surface area contributed by atoms with Crippen LogP contribution in [0.3, 0.4) is 0 Å². The van der Waals surface area contributed by atoms with Crippen molar-refractivity contribution < 1.29 is 24.1 Å². The lowest BCUT2D eigenvalue weighted by Gasteiger charge is -2.16. The monoisotopic (exact) mass is 368 g/mol. The molecule has 26 heavy (non-hydrogen) atoms. The molecule has 2 rings (SSSR count). The molecule has 0 radical (unpaired) electrons. The van der Waals surface area contributed by atoms with E-state index < -0.39 is 28.0 Å². The second-order valence-corrected chi connectivity index (χ2v) is 5.08. The Morgan fingerprint density at radius 2 is 1.73 bits per heavy atom. The van der Waals surface area contributed by atoms with Crippen LogP contribution in [0.15, 0.2) is 12.4 Å². The summed E-state index contributed by atoms with van der Waals surface area (Å²) in [5.41, 5.74) is 0. The zero-order chi connectivity index (χ0) is 19.4. The first-order valence-corrected chi connectivity index (χ1v) is 7.44. The van der Waals surface area contributed by atoms with Crippen LogP contribution >= 0.6 is 0 Å². The highest BCUT2D eigenvalue weighted by molar-refractivity contribution is 5.60. The van der Waals surface area contributed by atoms with Crippen LogP contribution in [0.5, 0.6) is 0 Å². The number of carbonyl (C=O) groups is 1. The summed E-state index contributed by atoms with van der Waals surface area (Å²) in [6, 6.07) is 0. The number of hydrogen-bond acceptors (Lipinski definition) is 9. The minimum Gasteiger partial charge on any atom is -0.434 e. The molecule has 13 heteroatoms. The SMILES string of the molecule is CCOC(=O)OC(Cn1c([N+](=O)[O-])cnc1C)n1c([N+](=O)[O-])cnc1C. The van der Waals surface area contributed by atoms with Crippen molar-refractivity contribution in [1.29, 1.82) is 0 Å². The van der Waals surface area contributed by atoms with E-state index in [0.717, 1.165) is 17.0 Å². The minimum atomic E-state index is -1.30. The molecule has 0 aliphatic rings. The van der Waals surface area contributed by atoms with Gasteiger partial charge in [-0.1, -0.05) is 0 Å². The molecule has 0 saturated heterocycles. The predicted molar refractivity (Wildman–Crippen MR) is 84.4 cm³/mol. The molecular formula is C13H16N6O7. The van der Waals surface area contributed by atoms with Crippen LogP contribution in [-0.2, 0) is 16.0 Å². The van der Waals surface area contributed by atoms with Gasteiger partial charge in [-0.3, -0.25) is 0 Å². The second-order valence-electron chi connectivity index (χ2n) is 5.08. The third-order valence-electron chi connectivity index (χ3n) is 3.49. The van der Waals surface area contributed by atoms with Gasteiger partial charge in [-0.2, -0.15) is 4.57 Å². The van der Waals surface area contributed by atoms with E-state index in [1.54, 1.807) is 6.92 Å². The van der Waals surface area contributed by atoms with Gasteiger partial charge in [-0.05, 0) is 16.8 Å². The molecule has 0 aromatic carbocycles. The van der Waals surface area contributed by atoms with Gasteiger partial charge in [0.15, 0.2) is 18.2 Å². The lowest BCUT2D eigenvalue weighted by Crippen LogP contribution is -2.25. The average Bonchev–Trinajstić information content (AvgIpc) is 3.10. The number of rotatable bonds is 7. The van der Waals surface area contributed by atoms with E-state index in [2.05, 4.69) is 9.97 Å². The second kappa shape index (κ2) is 7.58. The summed E-state index contributed by atoms with van der Waals surface area (Å²) in [5, 5.41) is 22.4. The molecular weight excluding hydrogens is 352 g/mol. The fourth-order valence-corrected chi connectivity index (χ4v) is 2.35. The standard InChI is InChI=1S/C13H16N6O7/c1-4-25-13(20)26-12(17-9(3)15-6-11(17)19(23)24)7-16-8(2)14-5-10(16)18(21)22/h5-6,12H,4,7H2,1-3H3. The van der Waals surface area contributed by atoms with Crippen molar-refractivity contribution in [3.8, 4) is 0 Å². The van der Waals surface area contributed by atoms with Crippen molar-refractivity contribution in [2.24, 2.45) is 0 Å². The summed E-state index contributed by atoms with van der Waals surface area (Å²) in [6.07, 6.45) is -0.318. The van der Waals surface area contributed by atoms with Crippen LogP contribution in [-0.4, -0.2) is 41.7 Å². The maximum absolute atomic E-state index is 11.8. The molecule has 0 spiro atoms. The zero-order valence-corrected chi connectivity index (χ0v) is 14.2. The molecule has 0 aliphatic heterocycles. The van der Waals surface area contributed by atoms with Crippen molar-refractivity contribution in [3.05, 3.63) is 44.3 Å². The summed E-state index contributed by atoms with van der Waals surface area (Å²) >= 11 is 0. The third-order valence-corrected chi connectivity index (χ3v) is 3.49. The smallest absolute Gasteiger partial charge is 0.434 e. The normalized spacial score (nSPS) is 11.8. The quantitative estimate of drug-likeness (QED) is 0.404. The first kappa shape index (κ1) is 18.8. The third kappa shape index (κ3) is 3.76. The number of nitrogens with zero attached hydrogens (tertiary/aromatic N) is 6. The number of hydrogen-bond donors (Lipinski definition) is 0. The Morgan fingerprint density at radius 1 is 1.15 bits per heavy atom. The van der Waals surface area contributed by atoms with Crippen LogP contribution in [0, 0.1) is 34.1 Å². The molecule has 1 atom stereocenters. The molecule has 0 fully saturated rings. The Bertz CT molecular complexity index is 842. The van der Waals surface area contributed by atoms with Gasteiger partial charge in [0, 0.05) is 13.8 Å². The number of carbonyl (C=O) groups excluding carboxylic acids is 1. The van der Waals surface area contributed by atoms with E-state index in [1.807, 2.05) is 0 Å². The summed E-state index contributed by atoms with van der Waals surface area (Å²) in [6.45, 7) is 4.29. The van der Waals surface area contributed by atoms with E-state index in [4.69, 9.17) is 9.47 Å². The van der Waals surface area contributed by atoms with Crippen LogP contribution in [0.25, 0.3) is 0 Å². The Morgan fingerprint density at radius 3 is 2.31 bits per heavy atom. The van der Waals surface area contributed by atoms with Gasteiger partial charge in [-0.15, -0.1) is 0 Å². The van der Waals surface area contributed by atoms with Crippen molar-refractivity contribution in [2.75, 3.05) is 6.61 Å². The zero-order valence-electron chi connectivity index (χ0n) is 14.2. The molecule has 13 nitrogen and oxygen atoms in total. The molecule has 2 aromatic rings. The summed E-state index contributed by atoms with van der Waals surface area (Å²) in [7, 11) is 0. The molecule has 0 aliphatic carbocycles. The van der Waals surface area contributed by atoms with E-state index in [9.17, 15) is 25.0 Å². The molecule has 0 saturated carbocycles. The van der Waals surface area contributed by atoms with Crippen molar-refractivity contribution in [2.45, 2.75) is 33.5 Å². The van der Waals surface area contributed by atoms with Gasteiger partial charge in [-0.25, -0.2) is 19.3 Å². The van der Waals surface area contributed by atoms with Crippen LogP contribution in [0.2, 0.25) is 0 Å². The van der Waals surface area contributed by atoms with Crippen LogP contribution in [0.1, 0.15) is 24.8 Å². The van der Waals surface area contributed by atoms with Gasteiger partial charge < -0.3 is 29.7 Å². The van der Waals surface area contributed by atoms with Gasteiger partial charge in [0.25, 0.3) is 6.23 Å². The lowest BCUT2D eigenvalue weighted by atomic mass is 10.4. The molecule has 140 valence electrons. The number of ether oxygens (including phenoxy) is 2. The minimum absolute atomic E-state index is 0.0286. The molecule has 2 aromatic heterocycles. The van der Waals surface area contributed by atoms with Gasteiger partial charge in [0.05, 0.1) is 6.61 Å². The van der Waals surface area contributed by atoms with E-state index in [-0.39, 0.29) is 30.6 Å². The largest absolute Gasteiger partial charge is 0.511 e. The van der Waals surface area contributed by atoms with Crippen molar-refractivity contribution in [3.63, 3.8) is 0 Å². The Labute approximate surface area is 146 Å². The van der Waals surface area contributed by atoms with Gasteiger partial charge >= 0.3 is 17.8 Å². The number of aryl methyl sites for hydroxylation is 2. The number of aromatic nitrogens is 4. The fourth-order valence-electron chi connectivity index (χ4n) is 2.35. The lowest BCUT2D eigenvalue weighted by molar-refractivity contribution is -0.395. The number of nitro groups is 2.